The molecule has 0 atom stereocenters. The van der Waals surface area contributed by atoms with E-state index in [1.54, 1.807) is 0 Å². The lowest BCUT2D eigenvalue weighted by molar-refractivity contribution is -0.137. The Bertz CT molecular complexity index is 1040. The predicted molar refractivity (Wildman–Crippen MR) is 113 cm³/mol. The summed E-state index contributed by atoms with van der Waals surface area (Å²) >= 11 is 6.13. The summed E-state index contributed by atoms with van der Waals surface area (Å²) < 4.78 is 76.3. The van der Waals surface area contributed by atoms with Crippen LogP contribution in [0, 0.1) is 0 Å². The molecule has 0 heterocycles. The number of carbonyl (C=O) groups is 1. The first-order valence-electron chi connectivity index (χ1n) is 9.26. The first-order chi connectivity index (χ1) is 15.0. The van der Waals surface area contributed by atoms with Gasteiger partial charge in [0, 0.05) is 33.0 Å². The van der Waals surface area contributed by atoms with Gasteiger partial charge in [0.25, 0.3) is 15.9 Å². The molecule has 2 rings (SSSR count). The van der Waals surface area contributed by atoms with E-state index in [9.17, 15) is 26.4 Å². The van der Waals surface area contributed by atoms with Gasteiger partial charge < -0.3 is 14.4 Å². The van der Waals surface area contributed by atoms with E-state index in [1.807, 2.05) is 0 Å². The van der Waals surface area contributed by atoms with E-state index in [-0.39, 0.29) is 47.5 Å². The topological polar surface area (TPSA) is 84.9 Å². The number of halogens is 4. The molecule has 0 bridgehead atoms. The standard InChI is InChI=1S/C20H22ClF3N2O5S/c1-30-10-8-26(9-11-31-2)19(27)17-13-16(6-7-18(17)21)32(28,29)25-15-5-3-4-14(12-15)20(22,23)24/h3-7,12-13,25H,8-11H2,1-2H3. The summed E-state index contributed by atoms with van der Waals surface area (Å²) in [6.07, 6.45) is -4.63. The molecular formula is C20H22ClF3N2O5S. The quantitative estimate of drug-likeness (QED) is 0.541. The summed E-state index contributed by atoms with van der Waals surface area (Å²) in [4.78, 5) is 14.0. The lowest BCUT2D eigenvalue weighted by Gasteiger charge is -2.23. The van der Waals surface area contributed by atoms with Crippen LogP contribution in [0.1, 0.15) is 15.9 Å². The number of nitrogens with zero attached hydrogens (tertiary/aromatic N) is 1. The van der Waals surface area contributed by atoms with Gasteiger partial charge in [-0.2, -0.15) is 13.2 Å². The maximum atomic E-state index is 13.0. The van der Waals surface area contributed by atoms with Crippen molar-refractivity contribution in [2.45, 2.75) is 11.1 Å². The third kappa shape index (κ3) is 6.83. The lowest BCUT2D eigenvalue weighted by Crippen LogP contribution is -2.36. The monoisotopic (exact) mass is 494 g/mol. The largest absolute Gasteiger partial charge is 0.416 e. The van der Waals surface area contributed by atoms with E-state index in [2.05, 4.69) is 4.72 Å². The van der Waals surface area contributed by atoms with Crippen LogP contribution in [0.25, 0.3) is 0 Å². The highest BCUT2D eigenvalue weighted by Gasteiger charge is 2.31. The Morgan fingerprint density at radius 3 is 2.25 bits per heavy atom. The van der Waals surface area contributed by atoms with Gasteiger partial charge in [0.1, 0.15) is 0 Å². The number of alkyl halides is 3. The third-order valence-electron chi connectivity index (χ3n) is 4.34. The molecule has 2 aromatic carbocycles. The van der Waals surface area contributed by atoms with Crippen LogP contribution in [-0.4, -0.2) is 59.7 Å². The van der Waals surface area contributed by atoms with Crippen molar-refractivity contribution in [3.63, 3.8) is 0 Å². The van der Waals surface area contributed by atoms with E-state index < -0.39 is 27.7 Å². The number of nitrogens with one attached hydrogen (secondary N) is 1. The van der Waals surface area contributed by atoms with E-state index in [0.717, 1.165) is 24.3 Å². The van der Waals surface area contributed by atoms with Crippen molar-refractivity contribution in [1.29, 1.82) is 0 Å². The molecule has 0 aliphatic carbocycles. The van der Waals surface area contributed by atoms with Crippen LogP contribution in [0.5, 0.6) is 0 Å². The van der Waals surface area contributed by atoms with Crippen LogP contribution in [-0.2, 0) is 25.7 Å². The third-order valence-corrected chi connectivity index (χ3v) is 6.05. The van der Waals surface area contributed by atoms with Crippen molar-refractivity contribution >= 4 is 33.2 Å². The summed E-state index contributed by atoms with van der Waals surface area (Å²) in [5, 5.41) is 0.0212. The maximum Gasteiger partial charge on any atom is 0.416 e. The number of amides is 1. The van der Waals surface area contributed by atoms with Crippen LogP contribution in [0.2, 0.25) is 5.02 Å². The first kappa shape index (κ1) is 25.9. The summed E-state index contributed by atoms with van der Waals surface area (Å²) in [5.74, 6) is -0.541. The molecule has 32 heavy (non-hydrogen) atoms. The molecule has 0 spiro atoms. The SMILES string of the molecule is COCCN(CCOC)C(=O)c1cc(S(=O)(=O)Nc2cccc(C(F)(F)F)c2)ccc1Cl. The van der Waals surface area contributed by atoms with Gasteiger partial charge in [-0.05, 0) is 36.4 Å². The number of carbonyl (C=O) groups excluding carboxylic acids is 1. The van der Waals surface area contributed by atoms with Crippen LogP contribution in [0.4, 0.5) is 18.9 Å². The Kier molecular flexibility index (Phi) is 8.90. The zero-order valence-corrected chi connectivity index (χ0v) is 18.9. The molecule has 0 saturated heterocycles. The van der Waals surface area contributed by atoms with E-state index >= 15 is 0 Å². The molecule has 0 aliphatic heterocycles. The second-order valence-corrected chi connectivity index (χ2v) is 8.69. The van der Waals surface area contributed by atoms with Gasteiger partial charge in [-0.3, -0.25) is 9.52 Å². The molecule has 0 saturated carbocycles. The van der Waals surface area contributed by atoms with Crippen molar-refractivity contribution < 1.29 is 35.9 Å². The first-order valence-corrected chi connectivity index (χ1v) is 11.1. The molecule has 0 aliphatic rings. The summed E-state index contributed by atoms with van der Waals surface area (Å²) in [7, 11) is -1.36. The minimum atomic E-state index is -4.63. The van der Waals surface area contributed by atoms with E-state index in [0.29, 0.717) is 6.07 Å². The zero-order valence-electron chi connectivity index (χ0n) is 17.3. The summed E-state index contributed by atoms with van der Waals surface area (Å²) in [5.41, 5.74) is -1.35. The predicted octanol–water partition coefficient (Wildman–Crippen LogP) is 3.89. The van der Waals surface area contributed by atoms with Gasteiger partial charge >= 0.3 is 6.18 Å². The van der Waals surface area contributed by atoms with Gasteiger partial charge in [-0.25, -0.2) is 8.42 Å². The van der Waals surface area contributed by atoms with Crippen molar-refractivity contribution in [2.24, 2.45) is 0 Å². The number of ether oxygens (including phenoxy) is 2. The molecule has 0 radical (unpaired) electrons. The molecule has 0 aromatic heterocycles. The van der Waals surface area contributed by atoms with Gasteiger partial charge in [-0.15, -0.1) is 0 Å². The highest BCUT2D eigenvalue weighted by Crippen LogP contribution is 2.31. The van der Waals surface area contributed by atoms with Gasteiger partial charge in [0.15, 0.2) is 0 Å². The lowest BCUT2D eigenvalue weighted by atomic mass is 10.2. The second-order valence-electron chi connectivity index (χ2n) is 6.60. The molecular weight excluding hydrogens is 473 g/mol. The Labute approximate surface area is 189 Å². The second kappa shape index (κ2) is 11.0. The van der Waals surface area contributed by atoms with Crippen molar-refractivity contribution in [3.05, 3.63) is 58.6 Å². The van der Waals surface area contributed by atoms with Crippen LogP contribution >= 0.6 is 11.6 Å². The fourth-order valence-electron chi connectivity index (χ4n) is 2.70. The number of benzene rings is 2. The number of sulfonamides is 1. The Balaban J connectivity index is 2.35. The fraction of sp³-hybridized carbons (Fsp3) is 0.350. The Hall–Kier alpha value is -2.34. The number of rotatable bonds is 10. The molecule has 1 amide bonds. The normalized spacial score (nSPS) is 11.9. The van der Waals surface area contributed by atoms with E-state index in [4.69, 9.17) is 21.1 Å². The summed E-state index contributed by atoms with van der Waals surface area (Å²) in [6.45, 7) is 0.910. The van der Waals surface area contributed by atoms with Gasteiger partial charge in [0.05, 0.1) is 34.3 Å². The number of anilines is 1. The number of hydrogen-bond donors (Lipinski definition) is 1. The number of hydrogen-bond acceptors (Lipinski definition) is 5. The minimum absolute atomic E-state index is 0.0212. The fourth-order valence-corrected chi connectivity index (χ4v) is 3.97. The summed E-state index contributed by atoms with van der Waals surface area (Å²) in [6, 6.07) is 7.24. The van der Waals surface area contributed by atoms with Crippen LogP contribution < -0.4 is 4.72 Å². The molecule has 2 aromatic rings. The molecule has 12 heteroatoms. The Morgan fingerprint density at radius 2 is 1.69 bits per heavy atom. The minimum Gasteiger partial charge on any atom is -0.383 e. The molecule has 0 unspecified atom stereocenters. The van der Waals surface area contributed by atoms with Crippen LogP contribution in [0.15, 0.2) is 47.4 Å². The molecule has 0 fully saturated rings. The van der Waals surface area contributed by atoms with Crippen LogP contribution in [0.3, 0.4) is 0 Å². The zero-order chi connectivity index (χ0) is 23.9. The van der Waals surface area contributed by atoms with Gasteiger partial charge in [0.2, 0.25) is 0 Å². The van der Waals surface area contributed by atoms with Gasteiger partial charge in [-0.1, -0.05) is 17.7 Å². The maximum absolute atomic E-state index is 13.0. The average molecular weight is 495 g/mol. The average Bonchev–Trinajstić information content (AvgIpc) is 2.73. The highest BCUT2D eigenvalue weighted by atomic mass is 35.5. The van der Waals surface area contributed by atoms with Crippen molar-refractivity contribution in [3.8, 4) is 0 Å². The molecule has 1 N–H and O–H groups in total. The van der Waals surface area contributed by atoms with E-state index in [1.165, 1.54) is 31.3 Å². The van der Waals surface area contributed by atoms with Crippen molar-refractivity contribution in [1.82, 2.24) is 4.90 Å². The number of methoxy groups -OCH3 is 2. The molecule has 176 valence electrons. The molecule has 7 nitrogen and oxygen atoms in total. The smallest absolute Gasteiger partial charge is 0.383 e. The van der Waals surface area contributed by atoms with Crippen molar-refractivity contribution in [2.75, 3.05) is 45.2 Å². The highest BCUT2D eigenvalue weighted by molar-refractivity contribution is 7.92. The Morgan fingerprint density at radius 1 is 1.06 bits per heavy atom.